The molecule has 1 aromatic heterocycles. The molecule has 2 aromatic rings. The summed E-state index contributed by atoms with van der Waals surface area (Å²) in [6.07, 6.45) is 5.90. The Bertz CT molecular complexity index is 1160. The molecule has 1 atom stereocenters. The quantitative estimate of drug-likeness (QED) is 0.373. The summed E-state index contributed by atoms with van der Waals surface area (Å²) in [4.78, 5) is 31.5. The monoisotopic (exact) mass is 609 g/mol. The lowest BCUT2D eigenvalue weighted by molar-refractivity contribution is -0.132. The second-order valence-electron chi connectivity index (χ2n) is 10.9. The summed E-state index contributed by atoms with van der Waals surface area (Å²) in [6.45, 7) is 7.28. The number of amides is 2. The van der Waals surface area contributed by atoms with Crippen molar-refractivity contribution in [3.05, 3.63) is 61.3 Å². The van der Waals surface area contributed by atoms with Crippen LogP contribution in [-0.4, -0.2) is 47.1 Å². The van der Waals surface area contributed by atoms with Crippen LogP contribution in [0, 0.1) is 5.92 Å². The summed E-state index contributed by atoms with van der Waals surface area (Å²) in [5, 5.41) is 4.07. The van der Waals surface area contributed by atoms with Gasteiger partial charge in [0, 0.05) is 52.7 Å². The third kappa shape index (κ3) is 7.18. The van der Waals surface area contributed by atoms with Crippen LogP contribution in [0.4, 0.5) is 4.79 Å². The van der Waals surface area contributed by atoms with E-state index in [1.165, 1.54) is 11.1 Å². The predicted molar refractivity (Wildman–Crippen MR) is 150 cm³/mol. The van der Waals surface area contributed by atoms with Crippen molar-refractivity contribution in [3.63, 3.8) is 0 Å². The number of fused-ring (bicyclic) bond motifs is 2. The first kappa shape index (κ1) is 28.2. The van der Waals surface area contributed by atoms with Crippen LogP contribution >= 0.6 is 39.1 Å². The highest BCUT2D eigenvalue weighted by Crippen LogP contribution is 2.46. The molecule has 4 rings (SSSR count). The van der Waals surface area contributed by atoms with E-state index in [9.17, 15) is 9.59 Å². The number of piperidine rings is 1. The summed E-state index contributed by atoms with van der Waals surface area (Å²) in [7, 11) is 0. The molecule has 6 nitrogen and oxygen atoms in total. The van der Waals surface area contributed by atoms with E-state index >= 15 is 0 Å². The fraction of sp³-hybridized carbons (Fsp3) is 0.536. The minimum Gasteiger partial charge on any atom is -0.444 e. The van der Waals surface area contributed by atoms with Crippen LogP contribution in [-0.2, 0) is 22.4 Å². The summed E-state index contributed by atoms with van der Waals surface area (Å²) in [5.41, 5.74) is 4.11. The van der Waals surface area contributed by atoms with Crippen LogP contribution in [0.3, 0.4) is 0 Å². The van der Waals surface area contributed by atoms with Crippen molar-refractivity contribution in [2.24, 2.45) is 5.92 Å². The van der Waals surface area contributed by atoms with Crippen LogP contribution < -0.4 is 5.32 Å². The Labute approximate surface area is 237 Å². The predicted octanol–water partition coefficient (Wildman–Crippen LogP) is 6.92. The number of hydrogen-bond donors (Lipinski definition) is 1. The van der Waals surface area contributed by atoms with Gasteiger partial charge in [0.1, 0.15) is 5.60 Å². The van der Waals surface area contributed by atoms with Crippen molar-refractivity contribution < 1.29 is 14.3 Å². The smallest absolute Gasteiger partial charge is 0.407 e. The molecular weight excluding hydrogens is 577 g/mol. The van der Waals surface area contributed by atoms with Crippen LogP contribution in [0.2, 0.25) is 10.0 Å². The van der Waals surface area contributed by atoms with Crippen LogP contribution in [0.25, 0.3) is 0 Å². The zero-order valence-electron chi connectivity index (χ0n) is 21.6. The first-order valence-corrected chi connectivity index (χ1v) is 14.4. The largest absolute Gasteiger partial charge is 0.444 e. The fourth-order valence-corrected chi connectivity index (χ4v) is 6.45. The van der Waals surface area contributed by atoms with E-state index in [0.717, 1.165) is 41.4 Å². The van der Waals surface area contributed by atoms with Gasteiger partial charge in [-0.15, -0.1) is 0 Å². The second kappa shape index (κ2) is 11.9. The van der Waals surface area contributed by atoms with E-state index in [4.69, 9.17) is 32.9 Å². The van der Waals surface area contributed by atoms with Gasteiger partial charge in [-0.3, -0.25) is 9.78 Å². The van der Waals surface area contributed by atoms with E-state index in [1.54, 1.807) is 0 Å². The standard InChI is InChI=1S/C28H34BrCl2N3O3/c1-28(2,3)37-27(36)32-10-4-5-23(35)34-11-8-17(9-12-34)25-24-18(14-21(30)15-22(24)31)6-7-19-13-20(29)16-33-26(19)25/h13-17,25H,4-12H2,1-3H3,(H,32,36). The second-order valence-corrected chi connectivity index (χ2v) is 12.6. The van der Waals surface area contributed by atoms with E-state index in [0.29, 0.717) is 48.4 Å². The Kier molecular flexibility index (Phi) is 9.08. The molecule has 1 aliphatic carbocycles. The zero-order valence-corrected chi connectivity index (χ0v) is 24.7. The fourth-order valence-electron chi connectivity index (χ4n) is 5.41. The number of aromatic nitrogens is 1. The lowest BCUT2D eigenvalue weighted by Crippen LogP contribution is -2.40. The number of ether oxygens (including phenoxy) is 1. The van der Waals surface area contributed by atoms with E-state index in [1.807, 2.05) is 44.0 Å². The third-order valence-corrected chi connectivity index (χ3v) is 7.98. The van der Waals surface area contributed by atoms with Gasteiger partial charge in [-0.25, -0.2) is 4.79 Å². The minimum atomic E-state index is -0.537. The zero-order chi connectivity index (χ0) is 26.7. The van der Waals surface area contributed by atoms with Crippen LogP contribution in [0.5, 0.6) is 0 Å². The molecule has 9 heteroatoms. The highest BCUT2D eigenvalue weighted by atomic mass is 79.9. The minimum absolute atomic E-state index is 0.0700. The molecule has 1 unspecified atom stereocenters. The Morgan fingerprint density at radius 2 is 1.84 bits per heavy atom. The molecule has 1 saturated heterocycles. The first-order valence-electron chi connectivity index (χ1n) is 12.9. The Morgan fingerprint density at radius 3 is 2.54 bits per heavy atom. The van der Waals surface area contributed by atoms with Gasteiger partial charge in [-0.05, 0) is 110 Å². The van der Waals surface area contributed by atoms with Crippen molar-refractivity contribution in [3.8, 4) is 0 Å². The maximum atomic E-state index is 12.9. The van der Waals surface area contributed by atoms with Crippen LogP contribution in [0.15, 0.2) is 28.9 Å². The first-order chi connectivity index (χ1) is 17.5. The Morgan fingerprint density at radius 1 is 1.14 bits per heavy atom. The number of alkyl carbamates (subject to hydrolysis) is 1. The molecule has 1 N–H and O–H groups in total. The molecule has 1 aliphatic heterocycles. The number of nitrogens with one attached hydrogen (secondary N) is 1. The highest BCUT2D eigenvalue weighted by Gasteiger charge is 2.36. The number of halogens is 3. The molecule has 0 bridgehead atoms. The van der Waals surface area contributed by atoms with Crippen molar-refractivity contribution in [2.75, 3.05) is 19.6 Å². The van der Waals surface area contributed by atoms with Crippen LogP contribution in [0.1, 0.15) is 74.8 Å². The Hall–Kier alpha value is -1.83. The number of nitrogens with zero attached hydrogens (tertiary/aromatic N) is 2. The number of pyridine rings is 1. The molecule has 200 valence electrons. The molecule has 1 fully saturated rings. The van der Waals surface area contributed by atoms with Gasteiger partial charge < -0.3 is 15.0 Å². The highest BCUT2D eigenvalue weighted by molar-refractivity contribution is 9.10. The number of carbonyl (C=O) groups excluding carboxylic acids is 2. The van der Waals surface area contributed by atoms with Gasteiger partial charge in [-0.2, -0.15) is 0 Å². The van der Waals surface area contributed by atoms with Gasteiger partial charge in [0.2, 0.25) is 5.91 Å². The van der Waals surface area contributed by atoms with Crippen molar-refractivity contribution >= 4 is 51.1 Å². The van der Waals surface area contributed by atoms with Gasteiger partial charge in [-0.1, -0.05) is 23.2 Å². The molecule has 0 radical (unpaired) electrons. The maximum Gasteiger partial charge on any atom is 0.407 e. The van der Waals surface area contributed by atoms with Gasteiger partial charge in [0.05, 0.1) is 5.69 Å². The Balaban J connectivity index is 1.41. The summed E-state index contributed by atoms with van der Waals surface area (Å²) in [6, 6.07) is 6.05. The molecule has 1 aromatic carbocycles. The number of aryl methyl sites for hydroxylation is 2. The molecule has 0 spiro atoms. The van der Waals surface area contributed by atoms with E-state index < -0.39 is 11.7 Å². The number of rotatable bonds is 5. The average Bonchev–Trinajstić information content (AvgIpc) is 2.97. The number of hydrogen-bond acceptors (Lipinski definition) is 4. The summed E-state index contributed by atoms with van der Waals surface area (Å²) in [5.74, 6) is 0.513. The van der Waals surface area contributed by atoms with Crippen molar-refractivity contribution in [2.45, 2.75) is 70.8 Å². The number of carbonyl (C=O) groups is 2. The van der Waals surface area contributed by atoms with Gasteiger partial charge >= 0.3 is 6.09 Å². The summed E-state index contributed by atoms with van der Waals surface area (Å²) < 4.78 is 6.21. The molecule has 2 aliphatic rings. The van der Waals surface area contributed by atoms with Crippen molar-refractivity contribution in [1.82, 2.24) is 15.2 Å². The molecular formula is C28H34BrCl2N3O3. The average molecular weight is 611 g/mol. The van der Waals surface area contributed by atoms with Gasteiger partial charge in [0.15, 0.2) is 0 Å². The number of likely N-dealkylation sites (tertiary alicyclic amines) is 1. The molecule has 2 amide bonds. The lowest BCUT2D eigenvalue weighted by atomic mass is 9.76. The van der Waals surface area contributed by atoms with E-state index in [-0.39, 0.29) is 11.8 Å². The SMILES string of the molecule is CC(C)(C)OC(=O)NCCCC(=O)N1CCC(C2c3ncc(Br)cc3CCc3cc(Cl)cc(Cl)c32)CC1. The summed E-state index contributed by atoms with van der Waals surface area (Å²) >= 11 is 16.8. The molecule has 2 heterocycles. The van der Waals surface area contributed by atoms with E-state index in [2.05, 4.69) is 27.3 Å². The topological polar surface area (TPSA) is 71.5 Å². The third-order valence-electron chi connectivity index (χ3n) is 7.02. The maximum absolute atomic E-state index is 12.9. The molecule has 37 heavy (non-hydrogen) atoms. The normalized spacial score (nSPS) is 18.0. The lowest BCUT2D eigenvalue weighted by Gasteiger charge is -2.37. The van der Waals surface area contributed by atoms with Gasteiger partial charge in [0.25, 0.3) is 0 Å². The number of benzene rings is 1. The molecule has 0 saturated carbocycles. The van der Waals surface area contributed by atoms with Crippen molar-refractivity contribution in [1.29, 1.82) is 0 Å².